The molecule has 0 amide bonds. The Labute approximate surface area is 53.1 Å². The molecular weight excluding hydrogens is 114 g/mol. The largest absolute Gasteiger partial charge is 0.391 e. The summed E-state index contributed by atoms with van der Waals surface area (Å²) < 4.78 is 0. The van der Waals surface area contributed by atoms with Crippen LogP contribution in [0.5, 0.6) is 0 Å². The summed E-state index contributed by atoms with van der Waals surface area (Å²) in [6.07, 6.45) is -0.255. The number of hydrogen-bond acceptors (Lipinski definition) is 2. The minimum Gasteiger partial charge on any atom is -0.391 e. The fourth-order valence-corrected chi connectivity index (χ4v) is 2.70. The van der Waals surface area contributed by atoms with Gasteiger partial charge in [0.2, 0.25) is 0 Å². The highest BCUT2D eigenvalue weighted by molar-refractivity contribution is 5.33. The third-order valence-electron chi connectivity index (χ3n) is 3.27. The van der Waals surface area contributed by atoms with Crippen molar-refractivity contribution in [1.29, 1.82) is 5.26 Å². The van der Waals surface area contributed by atoms with Crippen LogP contribution in [0.1, 0.15) is 0 Å². The lowest BCUT2D eigenvalue weighted by atomic mass is 10.1. The van der Waals surface area contributed by atoms with Gasteiger partial charge in [-0.3, -0.25) is 0 Å². The highest BCUT2D eigenvalue weighted by Crippen LogP contribution is 2.83. The van der Waals surface area contributed by atoms with Gasteiger partial charge in [-0.2, -0.15) is 5.26 Å². The summed E-state index contributed by atoms with van der Waals surface area (Å²) in [5, 5.41) is 17.8. The Hall–Kier alpha value is -0.550. The van der Waals surface area contributed by atoms with Crippen LogP contribution in [0.2, 0.25) is 0 Å². The lowest BCUT2D eigenvalue weighted by Crippen LogP contribution is -2.11. The van der Waals surface area contributed by atoms with Crippen molar-refractivity contribution in [2.45, 2.75) is 6.10 Å². The van der Waals surface area contributed by atoms with Crippen molar-refractivity contribution >= 4 is 0 Å². The Balaban J connectivity index is 1.99. The topological polar surface area (TPSA) is 44.0 Å². The van der Waals surface area contributed by atoms with Gasteiger partial charge in [0.05, 0.1) is 18.1 Å². The van der Waals surface area contributed by atoms with Gasteiger partial charge >= 0.3 is 0 Å². The summed E-state index contributed by atoms with van der Waals surface area (Å²) >= 11 is 0. The lowest BCUT2D eigenvalue weighted by Gasteiger charge is -2.00. The summed E-state index contributed by atoms with van der Waals surface area (Å²) in [5.41, 5.74) is 0. The number of fused-ring (bicyclic) bond motifs is 1. The Kier molecular flexibility index (Phi) is 0.434. The van der Waals surface area contributed by atoms with Crippen LogP contribution in [0.3, 0.4) is 0 Å². The van der Waals surface area contributed by atoms with E-state index in [1.807, 2.05) is 0 Å². The van der Waals surface area contributed by atoms with Crippen LogP contribution < -0.4 is 0 Å². The van der Waals surface area contributed by atoms with Crippen molar-refractivity contribution in [2.75, 3.05) is 0 Å². The van der Waals surface area contributed by atoms with E-state index in [2.05, 4.69) is 6.07 Å². The van der Waals surface area contributed by atoms with E-state index in [9.17, 15) is 5.11 Å². The van der Waals surface area contributed by atoms with Crippen molar-refractivity contribution in [3.8, 4) is 6.07 Å². The zero-order valence-electron chi connectivity index (χ0n) is 4.86. The molecule has 46 valence electrons. The normalized spacial score (nSPS) is 72.9. The summed E-state index contributed by atoms with van der Waals surface area (Å²) in [7, 11) is 0. The van der Waals surface area contributed by atoms with Crippen molar-refractivity contribution in [1.82, 2.24) is 0 Å². The molecule has 4 saturated carbocycles. The number of nitriles is 1. The van der Waals surface area contributed by atoms with Crippen LogP contribution in [0.25, 0.3) is 0 Å². The Morgan fingerprint density at radius 2 is 1.78 bits per heavy atom. The SMILES string of the molecule is N#C[C@H]1C2[C@H]3C([C@@H]23)[C@H]1O. The van der Waals surface area contributed by atoms with Gasteiger partial charge in [-0.1, -0.05) is 0 Å². The molecule has 0 heterocycles. The highest BCUT2D eigenvalue weighted by atomic mass is 16.3. The molecule has 0 aromatic rings. The Bertz CT molecular complexity index is 209. The molecule has 2 bridgehead atoms. The number of nitrogens with zero attached hydrogens (tertiary/aromatic N) is 1. The molecule has 0 aromatic heterocycles. The molecule has 4 rings (SSSR count). The maximum atomic E-state index is 9.30. The monoisotopic (exact) mass is 121 g/mol. The molecule has 4 fully saturated rings. The second-order valence-electron chi connectivity index (χ2n) is 3.45. The molecule has 4 aliphatic rings. The molecule has 0 aliphatic heterocycles. The quantitative estimate of drug-likeness (QED) is 0.490. The minimum absolute atomic E-state index is 0.00463. The van der Waals surface area contributed by atoms with E-state index >= 15 is 0 Å². The molecule has 2 unspecified atom stereocenters. The molecular formula is C7H7NO. The Morgan fingerprint density at radius 1 is 1.11 bits per heavy atom. The number of aliphatic hydroxyl groups excluding tert-OH is 1. The Morgan fingerprint density at radius 3 is 2.00 bits per heavy atom. The average Bonchev–Trinajstić information content (AvgIpc) is 2.64. The maximum Gasteiger partial charge on any atom is 0.0759 e. The first-order valence-corrected chi connectivity index (χ1v) is 3.44. The molecule has 2 heteroatoms. The second kappa shape index (κ2) is 0.911. The third kappa shape index (κ3) is 0.255. The van der Waals surface area contributed by atoms with Gasteiger partial charge < -0.3 is 5.11 Å². The number of aliphatic hydroxyl groups is 1. The second-order valence-corrected chi connectivity index (χ2v) is 3.45. The summed E-state index contributed by atoms with van der Waals surface area (Å²) in [5.74, 6) is 2.74. The van der Waals surface area contributed by atoms with E-state index < -0.39 is 0 Å². The number of hydrogen-bond donors (Lipinski definition) is 1. The van der Waals surface area contributed by atoms with E-state index in [4.69, 9.17) is 5.26 Å². The zero-order chi connectivity index (χ0) is 6.17. The van der Waals surface area contributed by atoms with Gasteiger partial charge in [-0.05, 0) is 23.7 Å². The first-order chi connectivity index (χ1) is 4.36. The highest BCUT2D eigenvalue weighted by Gasteiger charge is 2.84. The van der Waals surface area contributed by atoms with Gasteiger partial charge in [0.1, 0.15) is 0 Å². The molecule has 0 aromatic carbocycles. The van der Waals surface area contributed by atoms with Crippen molar-refractivity contribution in [3.05, 3.63) is 0 Å². The van der Waals surface area contributed by atoms with Crippen LogP contribution in [0.4, 0.5) is 0 Å². The van der Waals surface area contributed by atoms with Gasteiger partial charge in [-0.15, -0.1) is 0 Å². The molecule has 0 radical (unpaired) electrons. The van der Waals surface area contributed by atoms with Gasteiger partial charge in [0, 0.05) is 0 Å². The molecule has 9 heavy (non-hydrogen) atoms. The molecule has 4 aliphatic carbocycles. The van der Waals surface area contributed by atoms with Crippen LogP contribution in [-0.2, 0) is 0 Å². The first kappa shape index (κ1) is 4.29. The van der Waals surface area contributed by atoms with Crippen LogP contribution in [0, 0.1) is 40.9 Å². The predicted molar refractivity (Wildman–Crippen MR) is 29.1 cm³/mol. The minimum atomic E-state index is -0.255. The standard InChI is InChI=1S/C7H7NO/c8-1-2-3-4-5(3)6(4)7(2)9/h2-7,9H/t2-,3?,4-,5+,6?,7-/m0/s1. The van der Waals surface area contributed by atoms with Crippen LogP contribution in [-0.4, -0.2) is 11.2 Å². The van der Waals surface area contributed by atoms with Gasteiger partial charge in [0.15, 0.2) is 0 Å². The van der Waals surface area contributed by atoms with Gasteiger partial charge in [-0.25, -0.2) is 0 Å². The average molecular weight is 121 g/mol. The molecule has 2 nitrogen and oxygen atoms in total. The summed E-state index contributed by atoms with van der Waals surface area (Å²) in [4.78, 5) is 0. The summed E-state index contributed by atoms with van der Waals surface area (Å²) in [6, 6.07) is 2.18. The van der Waals surface area contributed by atoms with E-state index in [1.165, 1.54) is 0 Å². The van der Waals surface area contributed by atoms with Crippen molar-refractivity contribution < 1.29 is 5.11 Å². The summed E-state index contributed by atoms with van der Waals surface area (Å²) in [6.45, 7) is 0. The first-order valence-electron chi connectivity index (χ1n) is 3.44. The lowest BCUT2D eigenvalue weighted by molar-refractivity contribution is 0.146. The van der Waals surface area contributed by atoms with Crippen LogP contribution >= 0.6 is 0 Å². The van der Waals surface area contributed by atoms with Crippen LogP contribution in [0.15, 0.2) is 0 Å². The maximum absolute atomic E-state index is 9.30. The van der Waals surface area contributed by atoms with E-state index in [-0.39, 0.29) is 12.0 Å². The van der Waals surface area contributed by atoms with E-state index in [0.29, 0.717) is 11.8 Å². The van der Waals surface area contributed by atoms with E-state index in [0.717, 1.165) is 11.8 Å². The third-order valence-corrected chi connectivity index (χ3v) is 3.27. The van der Waals surface area contributed by atoms with Crippen molar-refractivity contribution in [3.63, 3.8) is 0 Å². The molecule has 0 saturated heterocycles. The fraction of sp³-hybridized carbons (Fsp3) is 0.857. The smallest absolute Gasteiger partial charge is 0.0759 e. The van der Waals surface area contributed by atoms with E-state index in [1.54, 1.807) is 0 Å². The zero-order valence-corrected chi connectivity index (χ0v) is 4.86. The fourth-order valence-electron chi connectivity index (χ4n) is 2.70. The molecule has 0 spiro atoms. The van der Waals surface area contributed by atoms with Crippen molar-refractivity contribution in [2.24, 2.45) is 29.6 Å². The number of rotatable bonds is 0. The molecule has 1 N–H and O–H groups in total. The predicted octanol–water partition coefficient (Wildman–Crippen LogP) is -0.00732. The molecule has 6 atom stereocenters. The van der Waals surface area contributed by atoms with Gasteiger partial charge in [0.25, 0.3) is 0 Å².